The van der Waals surface area contributed by atoms with Gasteiger partial charge in [0.25, 0.3) is 0 Å². The normalized spacial score (nSPS) is 11.8. The number of nitrogens with two attached hydrogens (primary N) is 3. The number of carboxylic acid groups (broad SMARTS) is 1. The van der Waals surface area contributed by atoms with Crippen molar-refractivity contribution in [1.29, 1.82) is 0 Å². The van der Waals surface area contributed by atoms with E-state index >= 15 is 0 Å². The van der Waals surface area contributed by atoms with Gasteiger partial charge in [0.05, 0.1) is 0 Å². The van der Waals surface area contributed by atoms with E-state index in [9.17, 15) is 9.59 Å². The molecule has 7 N–H and O–H groups in total. The number of carbonyl (C=O) groups excluding carboxylic acids is 1. The van der Waals surface area contributed by atoms with Gasteiger partial charge in [-0.25, -0.2) is 0 Å². The molecule has 0 aromatic rings. The number of rotatable bonds is 4. The van der Waals surface area contributed by atoms with Crippen LogP contribution in [0.25, 0.3) is 0 Å². The minimum Gasteiger partial charge on any atom is -0.480 e. The molecule has 0 bridgehead atoms. The van der Waals surface area contributed by atoms with Crippen LogP contribution in [0.5, 0.6) is 0 Å². The van der Waals surface area contributed by atoms with E-state index in [1.54, 1.807) is 0 Å². The van der Waals surface area contributed by atoms with Gasteiger partial charge in [0.1, 0.15) is 6.04 Å². The lowest BCUT2D eigenvalue weighted by atomic mass is 10.2. The van der Waals surface area contributed by atoms with E-state index in [1.807, 2.05) is 0 Å². The fraction of sp³-hybridized carbons (Fsp3) is 0.500. The largest absolute Gasteiger partial charge is 0.480 e. The molecule has 74 valence electrons. The minimum atomic E-state index is -1.16. The molecule has 1 amide bonds. The van der Waals surface area contributed by atoms with E-state index in [2.05, 4.69) is 4.99 Å². The third-order valence-electron chi connectivity index (χ3n) is 1.24. The van der Waals surface area contributed by atoms with Crippen LogP contribution < -0.4 is 17.2 Å². The van der Waals surface area contributed by atoms with Crippen molar-refractivity contribution in [2.75, 3.05) is 0 Å². The summed E-state index contributed by atoms with van der Waals surface area (Å²) < 4.78 is 0. The van der Waals surface area contributed by atoms with E-state index in [4.69, 9.17) is 22.3 Å². The van der Waals surface area contributed by atoms with Gasteiger partial charge in [0, 0.05) is 6.42 Å². The SMILES string of the molecule is NC(N)=NC(=O)CC[C@H](N)C(=O)O. The Morgan fingerprint density at radius 2 is 1.92 bits per heavy atom. The molecule has 0 radical (unpaired) electrons. The van der Waals surface area contributed by atoms with Gasteiger partial charge in [-0.1, -0.05) is 0 Å². The van der Waals surface area contributed by atoms with Crippen molar-refractivity contribution in [2.24, 2.45) is 22.2 Å². The lowest BCUT2D eigenvalue weighted by molar-refractivity contribution is -0.138. The van der Waals surface area contributed by atoms with Crippen LogP contribution in [0.1, 0.15) is 12.8 Å². The molecular weight excluding hydrogens is 176 g/mol. The van der Waals surface area contributed by atoms with Gasteiger partial charge in [-0.2, -0.15) is 4.99 Å². The number of hydrogen-bond acceptors (Lipinski definition) is 3. The Labute approximate surface area is 74.6 Å². The van der Waals surface area contributed by atoms with Gasteiger partial charge in [-0.3, -0.25) is 9.59 Å². The number of carbonyl (C=O) groups is 2. The van der Waals surface area contributed by atoms with Gasteiger partial charge in [-0.05, 0) is 6.42 Å². The highest BCUT2D eigenvalue weighted by atomic mass is 16.4. The van der Waals surface area contributed by atoms with Crippen molar-refractivity contribution in [3.63, 3.8) is 0 Å². The molecule has 0 aromatic carbocycles. The third-order valence-corrected chi connectivity index (χ3v) is 1.24. The van der Waals surface area contributed by atoms with Crippen LogP contribution in [0, 0.1) is 0 Å². The molecule has 0 fully saturated rings. The van der Waals surface area contributed by atoms with Crippen molar-refractivity contribution in [1.82, 2.24) is 0 Å². The summed E-state index contributed by atoms with van der Waals surface area (Å²) in [5.74, 6) is -2.07. The van der Waals surface area contributed by atoms with Crippen molar-refractivity contribution in [2.45, 2.75) is 18.9 Å². The second kappa shape index (κ2) is 5.09. The first-order valence-electron chi connectivity index (χ1n) is 3.54. The molecule has 1 atom stereocenters. The molecular formula is C6H12N4O3. The summed E-state index contributed by atoms with van der Waals surface area (Å²) in [7, 11) is 0. The molecule has 0 spiro atoms. The first-order chi connectivity index (χ1) is 5.93. The van der Waals surface area contributed by atoms with Crippen molar-refractivity contribution < 1.29 is 14.7 Å². The number of guanidine groups is 1. The number of aliphatic carboxylic acids is 1. The Hall–Kier alpha value is -1.63. The van der Waals surface area contributed by atoms with E-state index in [-0.39, 0.29) is 18.8 Å². The molecule has 0 rings (SSSR count). The van der Waals surface area contributed by atoms with E-state index in [0.29, 0.717) is 0 Å². The summed E-state index contributed by atoms with van der Waals surface area (Å²) in [6, 6.07) is -1.06. The summed E-state index contributed by atoms with van der Waals surface area (Å²) >= 11 is 0. The smallest absolute Gasteiger partial charge is 0.320 e. The van der Waals surface area contributed by atoms with Crippen LogP contribution in [0.3, 0.4) is 0 Å². The molecule has 0 heterocycles. The first kappa shape index (κ1) is 11.4. The standard InChI is InChI=1S/C6H12N4O3/c7-3(5(12)13)1-2-4(11)10-6(8)9/h3H,1-2,7H2,(H,12,13)(H4,8,9,10,11)/t3-/m0/s1. The lowest BCUT2D eigenvalue weighted by Crippen LogP contribution is -2.31. The molecule has 0 aliphatic rings. The molecule has 0 aromatic heterocycles. The molecule has 0 unspecified atom stereocenters. The highest BCUT2D eigenvalue weighted by Crippen LogP contribution is 1.96. The highest BCUT2D eigenvalue weighted by Gasteiger charge is 2.12. The molecule has 0 saturated heterocycles. The van der Waals surface area contributed by atoms with E-state index in [1.165, 1.54) is 0 Å². The average molecular weight is 188 g/mol. The molecule has 7 heteroatoms. The summed E-state index contributed by atoms with van der Waals surface area (Å²) in [4.78, 5) is 24.2. The quantitative estimate of drug-likeness (QED) is 0.296. The van der Waals surface area contributed by atoms with Crippen LogP contribution in [0.2, 0.25) is 0 Å². The Kier molecular flexibility index (Phi) is 4.45. The Morgan fingerprint density at radius 3 is 2.31 bits per heavy atom. The highest BCUT2D eigenvalue weighted by molar-refractivity contribution is 5.91. The topological polar surface area (TPSA) is 145 Å². The first-order valence-corrected chi connectivity index (χ1v) is 3.54. The van der Waals surface area contributed by atoms with Crippen molar-refractivity contribution >= 4 is 17.8 Å². The zero-order valence-corrected chi connectivity index (χ0v) is 6.93. The zero-order chi connectivity index (χ0) is 10.4. The predicted octanol–water partition coefficient (Wildman–Crippen LogP) is -2.02. The summed E-state index contributed by atoms with van der Waals surface area (Å²) in [6.07, 6.45) is -0.0592. The predicted molar refractivity (Wildman–Crippen MR) is 45.7 cm³/mol. The minimum absolute atomic E-state index is 0.0188. The average Bonchev–Trinajstić information content (AvgIpc) is 1.98. The van der Waals surface area contributed by atoms with Gasteiger partial charge < -0.3 is 22.3 Å². The molecule has 13 heavy (non-hydrogen) atoms. The van der Waals surface area contributed by atoms with Crippen molar-refractivity contribution in [3.05, 3.63) is 0 Å². The summed E-state index contributed by atoms with van der Waals surface area (Å²) in [6.45, 7) is 0. The molecule has 0 aliphatic carbocycles. The maximum Gasteiger partial charge on any atom is 0.320 e. The lowest BCUT2D eigenvalue weighted by Gasteiger charge is -2.02. The second-order valence-corrected chi connectivity index (χ2v) is 2.41. The fourth-order valence-corrected chi connectivity index (χ4v) is 0.602. The summed E-state index contributed by atoms with van der Waals surface area (Å²) in [5, 5.41) is 8.36. The van der Waals surface area contributed by atoms with Crippen LogP contribution in [-0.4, -0.2) is 29.0 Å². The number of hydrogen-bond donors (Lipinski definition) is 4. The summed E-state index contributed by atoms with van der Waals surface area (Å²) in [5.41, 5.74) is 15.0. The van der Waals surface area contributed by atoms with E-state index < -0.39 is 17.9 Å². The Morgan fingerprint density at radius 1 is 1.38 bits per heavy atom. The number of carboxylic acids is 1. The maximum atomic E-state index is 10.8. The number of amides is 1. The fourth-order valence-electron chi connectivity index (χ4n) is 0.602. The number of nitrogens with zero attached hydrogens (tertiary/aromatic N) is 1. The van der Waals surface area contributed by atoms with Crippen LogP contribution in [-0.2, 0) is 9.59 Å². The van der Waals surface area contributed by atoms with Gasteiger partial charge in [0.2, 0.25) is 5.91 Å². The van der Waals surface area contributed by atoms with Gasteiger partial charge in [-0.15, -0.1) is 0 Å². The van der Waals surface area contributed by atoms with Crippen LogP contribution in [0.15, 0.2) is 4.99 Å². The second-order valence-electron chi connectivity index (χ2n) is 2.41. The molecule has 7 nitrogen and oxygen atoms in total. The van der Waals surface area contributed by atoms with E-state index in [0.717, 1.165) is 0 Å². The molecule has 0 saturated carbocycles. The van der Waals surface area contributed by atoms with Crippen LogP contribution in [0.4, 0.5) is 0 Å². The number of aliphatic imine (C=N–C) groups is 1. The monoisotopic (exact) mass is 188 g/mol. The maximum absolute atomic E-state index is 10.8. The third kappa shape index (κ3) is 5.62. The molecule has 0 aliphatic heterocycles. The van der Waals surface area contributed by atoms with Crippen molar-refractivity contribution in [3.8, 4) is 0 Å². The Balaban J connectivity index is 3.84. The van der Waals surface area contributed by atoms with Gasteiger partial charge in [0.15, 0.2) is 5.96 Å². The van der Waals surface area contributed by atoms with Gasteiger partial charge >= 0.3 is 5.97 Å². The zero-order valence-electron chi connectivity index (χ0n) is 6.93. The Bertz CT molecular complexity index is 234. The van der Waals surface area contributed by atoms with Crippen LogP contribution >= 0.6 is 0 Å².